The van der Waals surface area contributed by atoms with Crippen LogP contribution in [-0.4, -0.2) is 34.4 Å². The van der Waals surface area contributed by atoms with Gasteiger partial charge in [-0.25, -0.2) is 0 Å². The lowest BCUT2D eigenvalue weighted by Gasteiger charge is -2.27. The largest absolute Gasteiger partial charge is 0.497 e. The highest BCUT2D eigenvalue weighted by Crippen LogP contribution is 2.48. The van der Waals surface area contributed by atoms with Crippen molar-refractivity contribution in [3.05, 3.63) is 76.1 Å². The highest BCUT2D eigenvalue weighted by Gasteiger charge is 2.35. The number of ether oxygens (including phenoxy) is 5. The van der Waals surface area contributed by atoms with Gasteiger partial charge >= 0.3 is 5.97 Å². The van der Waals surface area contributed by atoms with Crippen molar-refractivity contribution < 1.29 is 32.9 Å². The number of carbonyl (C=O) groups is 1. The first kappa shape index (κ1) is 23.3. The summed E-state index contributed by atoms with van der Waals surface area (Å²) in [7, 11) is 6.15. The molecular formula is C28H24O8. The van der Waals surface area contributed by atoms with E-state index in [1.54, 1.807) is 63.8 Å². The van der Waals surface area contributed by atoms with Crippen molar-refractivity contribution in [1.29, 1.82) is 0 Å². The van der Waals surface area contributed by atoms with Gasteiger partial charge in [0, 0.05) is 29.2 Å². The zero-order valence-electron chi connectivity index (χ0n) is 20.2. The second-order valence-corrected chi connectivity index (χ2v) is 8.24. The predicted octanol–water partition coefficient (Wildman–Crippen LogP) is 4.94. The molecule has 0 saturated heterocycles. The minimum absolute atomic E-state index is 0.0427. The molecule has 36 heavy (non-hydrogen) atoms. The summed E-state index contributed by atoms with van der Waals surface area (Å²) in [5.41, 5.74) is 2.39. The lowest BCUT2D eigenvalue weighted by molar-refractivity contribution is -0.135. The van der Waals surface area contributed by atoms with Crippen LogP contribution in [0, 0.1) is 0 Å². The fourth-order valence-electron chi connectivity index (χ4n) is 4.62. The molecule has 184 valence electrons. The monoisotopic (exact) mass is 488 g/mol. The van der Waals surface area contributed by atoms with Crippen LogP contribution in [0.3, 0.4) is 0 Å². The molecule has 1 aliphatic rings. The lowest BCUT2D eigenvalue weighted by Crippen LogP contribution is -2.22. The second-order valence-electron chi connectivity index (χ2n) is 8.24. The van der Waals surface area contributed by atoms with Gasteiger partial charge in [0.05, 0.1) is 40.4 Å². The Bertz CT molecular complexity index is 1520. The van der Waals surface area contributed by atoms with Crippen LogP contribution in [0.2, 0.25) is 0 Å². The zero-order valence-corrected chi connectivity index (χ0v) is 20.2. The second kappa shape index (κ2) is 9.30. The molecule has 1 aromatic heterocycles. The predicted molar refractivity (Wildman–Crippen MR) is 133 cm³/mol. The fraction of sp³-hybridized carbons (Fsp3) is 0.214. The normalized spacial score (nSPS) is 14.7. The lowest BCUT2D eigenvalue weighted by atomic mass is 9.84. The molecular weight excluding hydrogens is 464 g/mol. The average molecular weight is 488 g/mol. The first-order valence-corrected chi connectivity index (χ1v) is 11.2. The van der Waals surface area contributed by atoms with Crippen molar-refractivity contribution in [3.63, 3.8) is 0 Å². The molecule has 1 atom stereocenters. The maximum absolute atomic E-state index is 13.7. The summed E-state index contributed by atoms with van der Waals surface area (Å²) < 4.78 is 33.4. The molecule has 0 N–H and O–H groups in total. The molecule has 1 aliphatic heterocycles. The SMILES string of the molecule is COc1ccc(-c2coc3c4c(cc(OC)c3c2=O)OC(=O)C[C@@H]4c2ccc(OC)cc2OC)cc1. The van der Waals surface area contributed by atoms with Crippen LogP contribution in [0.4, 0.5) is 0 Å². The van der Waals surface area contributed by atoms with E-state index in [-0.39, 0.29) is 28.7 Å². The van der Waals surface area contributed by atoms with E-state index in [2.05, 4.69) is 0 Å². The van der Waals surface area contributed by atoms with E-state index in [4.69, 9.17) is 28.1 Å². The van der Waals surface area contributed by atoms with Crippen LogP contribution in [-0.2, 0) is 4.79 Å². The number of rotatable bonds is 6. The van der Waals surface area contributed by atoms with Crippen molar-refractivity contribution in [2.45, 2.75) is 12.3 Å². The van der Waals surface area contributed by atoms with Crippen LogP contribution in [0.25, 0.3) is 22.1 Å². The molecule has 0 bridgehead atoms. The van der Waals surface area contributed by atoms with Crippen LogP contribution in [0.1, 0.15) is 23.5 Å². The highest BCUT2D eigenvalue weighted by atomic mass is 16.5. The van der Waals surface area contributed by atoms with Gasteiger partial charge < -0.3 is 28.1 Å². The van der Waals surface area contributed by atoms with Crippen LogP contribution < -0.4 is 29.1 Å². The Labute approximate surface area is 206 Å². The zero-order chi connectivity index (χ0) is 25.4. The minimum atomic E-state index is -0.481. The quantitative estimate of drug-likeness (QED) is 0.278. The van der Waals surface area contributed by atoms with Crippen molar-refractivity contribution >= 4 is 16.9 Å². The van der Waals surface area contributed by atoms with Gasteiger partial charge in [-0.3, -0.25) is 9.59 Å². The maximum Gasteiger partial charge on any atom is 0.312 e. The summed E-state index contributed by atoms with van der Waals surface area (Å²) in [6, 6.07) is 14.1. The van der Waals surface area contributed by atoms with E-state index in [0.717, 1.165) is 5.56 Å². The summed E-state index contributed by atoms with van der Waals surface area (Å²) >= 11 is 0. The van der Waals surface area contributed by atoms with Gasteiger partial charge in [-0.05, 0) is 23.8 Å². The number of methoxy groups -OCH3 is 4. The van der Waals surface area contributed by atoms with Gasteiger partial charge in [-0.2, -0.15) is 0 Å². The number of esters is 1. The molecule has 0 radical (unpaired) electrons. The molecule has 0 saturated carbocycles. The van der Waals surface area contributed by atoms with E-state index in [1.807, 2.05) is 6.07 Å². The number of benzene rings is 3. The Balaban J connectivity index is 1.76. The molecule has 3 aromatic carbocycles. The molecule has 8 heteroatoms. The summed E-state index contributed by atoms with van der Waals surface area (Å²) in [5, 5.41) is 0.264. The average Bonchev–Trinajstić information content (AvgIpc) is 2.91. The molecule has 0 fully saturated rings. The Hall–Kier alpha value is -4.46. The standard InChI is InChI=1S/C28H24O8/c1-31-16-7-5-15(6-8-16)20-14-35-28-25-19(18-10-9-17(32-2)11-21(18)33-3)12-24(29)36-23(25)13-22(34-4)26(28)27(20)30/h5-11,13-14,19H,12H2,1-4H3/t19-/m1/s1. The Morgan fingerprint density at radius 3 is 2.17 bits per heavy atom. The number of hydrogen-bond donors (Lipinski definition) is 0. The van der Waals surface area contributed by atoms with E-state index < -0.39 is 11.9 Å². The third-order valence-electron chi connectivity index (χ3n) is 6.39. The van der Waals surface area contributed by atoms with Crippen molar-refractivity contribution in [1.82, 2.24) is 0 Å². The molecule has 0 aliphatic carbocycles. The Kier molecular flexibility index (Phi) is 6.01. The molecule has 8 nitrogen and oxygen atoms in total. The highest BCUT2D eigenvalue weighted by molar-refractivity contribution is 5.94. The first-order valence-electron chi connectivity index (χ1n) is 11.2. The Morgan fingerprint density at radius 2 is 1.50 bits per heavy atom. The van der Waals surface area contributed by atoms with Crippen molar-refractivity contribution in [2.24, 2.45) is 0 Å². The minimum Gasteiger partial charge on any atom is -0.497 e. The van der Waals surface area contributed by atoms with Gasteiger partial charge in [0.25, 0.3) is 0 Å². The molecule has 4 aromatic rings. The molecule has 0 unspecified atom stereocenters. The van der Waals surface area contributed by atoms with Gasteiger partial charge in [-0.1, -0.05) is 18.2 Å². The van der Waals surface area contributed by atoms with Crippen molar-refractivity contribution in [3.8, 4) is 39.9 Å². The third-order valence-corrected chi connectivity index (χ3v) is 6.39. The number of fused-ring (bicyclic) bond motifs is 3. The van der Waals surface area contributed by atoms with Gasteiger partial charge in [-0.15, -0.1) is 0 Å². The van der Waals surface area contributed by atoms with Crippen LogP contribution in [0.15, 0.2) is 64.0 Å². The van der Waals surface area contributed by atoms with Crippen LogP contribution >= 0.6 is 0 Å². The van der Waals surface area contributed by atoms with E-state index >= 15 is 0 Å². The maximum atomic E-state index is 13.7. The van der Waals surface area contributed by atoms with E-state index in [9.17, 15) is 9.59 Å². The Morgan fingerprint density at radius 1 is 0.806 bits per heavy atom. The smallest absolute Gasteiger partial charge is 0.312 e. The van der Waals surface area contributed by atoms with E-state index in [1.165, 1.54) is 13.4 Å². The van der Waals surface area contributed by atoms with E-state index in [0.29, 0.717) is 39.5 Å². The number of hydrogen-bond acceptors (Lipinski definition) is 8. The first-order chi connectivity index (χ1) is 17.5. The number of carbonyl (C=O) groups excluding carboxylic acids is 1. The molecule has 2 heterocycles. The molecule has 0 spiro atoms. The summed E-state index contributed by atoms with van der Waals surface area (Å²) in [5.74, 6) is 1.47. The van der Waals surface area contributed by atoms with Gasteiger partial charge in [0.1, 0.15) is 46.0 Å². The van der Waals surface area contributed by atoms with Gasteiger partial charge in [0.2, 0.25) is 5.43 Å². The molecule has 5 rings (SSSR count). The third kappa shape index (κ3) is 3.80. The van der Waals surface area contributed by atoms with Gasteiger partial charge in [0.15, 0.2) is 0 Å². The summed E-state index contributed by atoms with van der Waals surface area (Å²) in [6.07, 6.45) is 1.46. The summed E-state index contributed by atoms with van der Waals surface area (Å²) in [6.45, 7) is 0. The van der Waals surface area contributed by atoms with Crippen molar-refractivity contribution in [2.75, 3.05) is 28.4 Å². The fourth-order valence-corrected chi connectivity index (χ4v) is 4.62. The summed E-state index contributed by atoms with van der Waals surface area (Å²) in [4.78, 5) is 26.3. The molecule has 0 amide bonds. The van der Waals surface area contributed by atoms with Crippen LogP contribution in [0.5, 0.6) is 28.7 Å². The topological polar surface area (TPSA) is 93.4 Å².